The van der Waals surface area contributed by atoms with Gasteiger partial charge in [-0.15, -0.1) is 5.10 Å². The van der Waals surface area contributed by atoms with E-state index in [-0.39, 0.29) is 74.4 Å². The Balaban J connectivity index is 0.804. The van der Waals surface area contributed by atoms with Crippen LogP contribution in [-0.4, -0.2) is 185 Å². The molecule has 24 nitrogen and oxygen atoms in total. The van der Waals surface area contributed by atoms with Crippen molar-refractivity contribution in [2.45, 2.75) is 127 Å². The van der Waals surface area contributed by atoms with Gasteiger partial charge in [0.15, 0.2) is 12.0 Å². The minimum absolute atomic E-state index is 0.0199. The third-order valence-corrected chi connectivity index (χ3v) is 18.1. The van der Waals surface area contributed by atoms with Crippen LogP contribution in [-0.2, 0) is 25.7 Å². The number of carbonyl (C=O) groups excluding carboxylic acids is 3. The fraction of sp³-hybridized carbons (Fsp3) is 0.478. The first-order valence-electron chi connectivity index (χ1n) is 32.0. The van der Waals surface area contributed by atoms with Crippen LogP contribution in [0.3, 0.4) is 0 Å². The molecule has 1 saturated carbocycles. The number of nitrogens with zero attached hydrogens (tertiary/aromatic N) is 12. The summed E-state index contributed by atoms with van der Waals surface area (Å²) in [6.07, 6.45) is 10.8. The van der Waals surface area contributed by atoms with E-state index in [0.717, 1.165) is 54.3 Å². The highest BCUT2D eigenvalue weighted by Crippen LogP contribution is 2.54. The van der Waals surface area contributed by atoms with Gasteiger partial charge in [-0.25, -0.2) is 23.2 Å². The topological polar surface area (TPSA) is 264 Å². The molecule has 4 aromatic carbocycles. The molecule has 4 aliphatic heterocycles. The summed E-state index contributed by atoms with van der Waals surface area (Å²) in [4.78, 5) is 57.2. The van der Waals surface area contributed by atoms with E-state index in [2.05, 4.69) is 32.1 Å². The standard InChI is InChI=1S/C67H79FN14O10/c1-39(2)61(65(86)79-33-46(84)29-56(79)63(85)72-54(37-83)44-16-18-45(19-17-44)80-24-8-22-70-80)81-36-53(75-76-81)43-12-10-41(11-13-43)38-90-62-59(58-40(3)52(68)31-55-51(58)32-71-82(55)57-9-6-7-26-89-57)49(42-14-15-42)30-50-60(62)73-66(92-47-20-27-88-28-21-47)74-64(50)91-48-34-78(35-48)67(87)69-23-25-77(4)5/h8,10-13,16-19,22,24,30-32,36,39,42,46-48,54,56-57,61,83-84H,6-7,9,14-15,20-21,23,25-29,33-35,37-38H2,1-5H3,(H,69,87)(H,72,85)/t46-,54+,56+,57?,61+/m1/s1. The van der Waals surface area contributed by atoms with Gasteiger partial charge in [0.2, 0.25) is 17.7 Å². The summed E-state index contributed by atoms with van der Waals surface area (Å²) in [5.41, 5.74) is 7.16. The maximum absolute atomic E-state index is 16.9. The number of urea groups is 1. The average Bonchev–Trinajstić information content (AvgIpc) is 1.35. The molecule has 0 spiro atoms. The van der Waals surface area contributed by atoms with Crippen molar-refractivity contribution in [1.82, 2.24) is 69.9 Å². The molecule has 13 rings (SSSR count). The number of likely N-dealkylation sites (tertiary alicyclic amines) is 2. The molecule has 8 aromatic rings. The lowest BCUT2D eigenvalue weighted by molar-refractivity contribution is -0.142. The van der Waals surface area contributed by atoms with E-state index < -0.39 is 41.9 Å². The van der Waals surface area contributed by atoms with E-state index in [0.29, 0.717) is 115 Å². The van der Waals surface area contributed by atoms with Crippen molar-refractivity contribution in [3.63, 3.8) is 0 Å². The summed E-state index contributed by atoms with van der Waals surface area (Å²) in [5.74, 6) is -0.826. The van der Waals surface area contributed by atoms with Gasteiger partial charge in [-0.2, -0.15) is 20.2 Å². The molecule has 4 aromatic heterocycles. The molecule has 4 amide bonds. The number of hydrogen-bond acceptors (Lipinski definition) is 17. The second-order valence-electron chi connectivity index (χ2n) is 25.4. The van der Waals surface area contributed by atoms with Gasteiger partial charge in [0.05, 0.1) is 74.0 Å². The van der Waals surface area contributed by atoms with Crippen LogP contribution in [0.2, 0.25) is 0 Å². The summed E-state index contributed by atoms with van der Waals surface area (Å²) in [6.45, 7) is 8.69. The van der Waals surface area contributed by atoms with Crippen molar-refractivity contribution in [3.05, 3.63) is 120 Å². The van der Waals surface area contributed by atoms with Crippen molar-refractivity contribution in [2.24, 2.45) is 5.92 Å². The van der Waals surface area contributed by atoms with Gasteiger partial charge < -0.3 is 59.2 Å². The first-order valence-corrected chi connectivity index (χ1v) is 32.0. The smallest absolute Gasteiger partial charge is 0.320 e. The van der Waals surface area contributed by atoms with E-state index in [1.54, 1.807) is 58.0 Å². The number of aliphatic hydroxyl groups is 2. The molecule has 484 valence electrons. The number of β-amino-alcohol motifs (C(OH)–C–C–N with tert-alkyl or cyclic N) is 1. The highest BCUT2D eigenvalue weighted by molar-refractivity contribution is 6.05. The Kier molecular flexibility index (Phi) is 18.2. The lowest BCUT2D eigenvalue weighted by Crippen LogP contribution is -2.59. The zero-order chi connectivity index (χ0) is 63.7. The lowest BCUT2D eigenvalue weighted by Gasteiger charge is -2.38. The normalized spacial score (nSPS) is 19.6. The number of ether oxygens (including phenoxy) is 5. The molecule has 1 unspecified atom stereocenters. The fourth-order valence-electron chi connectivity index (χ4n) is 12.9. The molecule has 8 heterocycles. The van der Waals surface area contributed by atoms with Crippen molar-refractivity contribution in [2.75, 3.05) is 73.2 Å². The van der Waals surface area contributed by atoms with Crippen LogP contribution in [0.1, 0.15) is 112 Å². The summed E-state index contributed by atoms with van der Waals surface area (Å²) in [6, 6.07) is 17.6. The molecule has 0 bridgehead atoms. The Labute approximate surface area is 531 Å². The van der Waals surface area contributed by atoms with Gasteiger partial charge in [0.25, 0.3) is 0 Å². The number of likely N-dealkylation sites (N-methyl/N-ethyl adjacent to an activating group) is 1. The second kappa shape index (κ2) is 26.9. The van der Waals surface area contributed by atoms with E-state index in [4.69, 9.17) is 38.8 Å². The molecular formula is C67H79FN14O10. The number of fused-ring (bicyclic) bond motifs is 2. The molecule has 92 heavy (non-hydrogen) atoms. The highest BCUT2D eigenvalue weighted by atomic mass is 19.1. The fourth-order valence-corrected chi connectivity index (χ4v) is 12.9. The minimum Gasteiger partial charge on any atom is -0.486 e. The maximum atomic E-state index is 16.9. The van der Waals surface area contributed by atoms with Crippen LogP contribution in [0.5, 0.6) is 17.6 Å². The predicted molar refractivity (Wildman–Crippen MR) is 338 cm³/mol. The van der Waals surface area contributed by atoms with Crippen molar-refractivity contribution in [1.29, 1.82) is 0 Å². The second-order valence-corrected chi connectivity index (χ2v) is 25.4. The Morgan fingerprint density at radius 1 is 0.891 bits per heavy atom. The van der Waals surface area contributed by atoms with Gasteiger partial charge in [-0.05, 0) is 111 Å². The van der Waals surface area contributed by atoms with Crippen LogP contribution in [0.4, 0.5) is 9.18 Å². The quantitative estimate of drug-likeness (QED) is 0.0509. The number of benzene rings is 4. The van der Waals surface area contributed by atoms with Gasteiger partial charge in [0, 0.05) is 86.0 Å². The number of aromatic nitrogens is 9. The molecule has 5 aliphatic rings. The molecule has 4 saturated heterocycles. The van der Waals surface area contributed by atoms with Crippen LogP contribution < -0.4 is 24.8 Å². The Bertz CT molecular complexity index is 3930. The third kappa shape index (κ3) is 13.1. The first-order chi connectivity index (χ1) is 44.7. The van der Waals surface area contributed by atoms with Gasteiger partial charge >= 0.3 is 12.0 Å². The third-order valence-electron chi connectivity index (χ3n) is 18.1. The summed E-state index contributed by atoms with van der Waals surface area (Å²) in [7, 11) is 3.91. The van der Waals surface area contributed by atoms with Crippen molar-refractivity contribution in [3.8, 4) is 45.7 Å². The number of aliphatic hydroxyl groups excluding tert-OH is 2. The van der Waals surface area contributed by atoms with Gasteiger partial charge in [-0.3, -0.25) is 9.59 Å². The van der Waals surface area contributed by atoms with Gasteiger partial charge in [-0.1, -0.05) is 55.5 Å². The molecule has 5 fully saturated rings. The largest absolute Gasteiger partial charge is 0.486 e. The van der Waals surface area contributed by atoms with Crippen molar-refractivity contribution >= 4 is 39.7 Å². The highest BCUT2D eigenvalue weighted by Gasteiger charge is 2.44. The number of nitrogens with one attached hydrogen (secondary N) is 2. The number of hydrogen-bond donors (Lipinski definition) is 4. The minimum atomic E-state index is -1.01. The van der Waals surface area contributed by atoms with Crippen LogP contribution in [0.15, 0.2) is 91.5 Å². The van der Waals surface area contributed by atoms with Gasteiger partial charge in [0.1, 0.15) is 47.9 Å². The Morgan fingerprint density at radius 3 is 2.39 bits per heavy atom. The number of halogens is 1. The summed E-state index contributed by atoms with van der Waals surface area (Å²) >= 11 is 0. The Morgan fingerprint density at radius 2 is 1.68 bits per heavy atom. The van der Waals surface area contributed by atoms with E-state index >= 15 is 4.39 Å². The lowest BCUT2D eigenvalue weighted by atomic mass is 9.88. The SMILES string of the molecule is Cc1c(F)cc2c(cnn2C2CCCCO2)c1-c1c(C2CC2)cc2c(OC3CN(C(=O)NCCN(C)C)C3)nc(OC3CCOCC3)nc2c1OCc1ccc(-c2cn([C@H](C(=O)N3C[C@H](O)C[C@H]3C(=O)N[C@@H](CO)c3ccc(-n4cccn4)cc3)C(C)C)nn2)cc1. The molecule has 0 radical (unpaired) electrons. The predicted octanol–water partition coefficient (Wildman–Crippen LogP) is 7.59. The maximum Gasteiger partial charge on any atom is 0.320 e. The van der Waals surface area contributed by atoms with Crippen molar-refractivity contribution < 1.29 is 52.7 Å². The Hall–Kier alpha value is -8.62. The number of carbonyl (C=O) groups is 3. The van der Waals surface area contributed by atoms with E-state index in [9.17, 15) is 24.6 Å². The van der Waals surface area contributed by atoms with Crippen LogP contribution in [0, 0.1) is 18.7 Å². The number of rotatable bonds is 22. The van der Waals surface area contributed by atoms with Crippen LogP contribution in [0.25, 0.3) is 49.9 Å². The molecule has 25 heteroatoms. The monoisotopic (exact) mass is 1260 g/mol. The van der Waals surface area contributed by atoms with Crippen LogP contribution >= 0.6 is 0 Å². The molecule has 5 atom stereocenters. The van der Waals surface area contributed by atoms with E-state index in [1.807, 2.05) is 81.5 Å². The average molecular weight is 1260 g/mol. The summed E-state index contributed by atoms with van der Waals surface area (Å²) in [5, 5.41) is 46.8. The zero-order valence-corrected chi connectivity index (χ0v) is 52.5. The zero-order valence-electron chi connectivity index (χ0n) is 52.5. The molecular weight excluding hydrogens is 1180 g/mol. The molecule has 4 N–H and O–H groups in total. The van der Waals surface area contributed by atoms with E-state index in [1.165, 1.54) is 9.58 Å². The first kappa shape index (κ1) is 62.2. The summed E-state index contributed by atoms with van der Waals surface area (Å²) < 4.78 is 54.5. The molecule has 1 aliphatic carbocycles. The number of amides is 4.